The molecular formula is C36H40F2N8O4. The molecule has 0 aliphatic carbocycles. The molecule has 0 spiro atoms. The number of fused-ring (bicyclic) bond motifs is 1. The fourth-order valence-electron chi connectivity index (χ4n) is 7.04. The van der Waals surface area contributed by atoms with Gasteiger partial charge in [0.2, 0.25) is 0 Å². The molecule has 0 bridgehead atoms. The second-order valence-corrected chi connectivity index (χ2v) is 13.0. The number of aliphatic hydroxyl groups is 1. The number of aromatic nitrogens is 6. The van der Waals surface area contributed by atoms with Crippen molar-refractivity contribution < 1.29 is 23.4 Å². The lowest BCUT2D eigenvalue weighted by atomic mass is 9.87. The van der Waals surface area contributed by atoms with E-state index in [0.29, 0.717) is 38.4 Å². The van der Waals surface area contributed by atoms with Gasteiger partial charge in [-0.15, -0.1) is 0 Å². The topological polar surface area (TPSA) is 124 Å². The van der Waals surface area contributed by atoms with Gasteiger partial charge in [-0.2, -0.15) is 10.2 Å². The smallest absolute Gasteiger partial charge is 0.350 e. The highest BCUT2D eigenvalue weighted by atomic mass is 19.1. The number of ether oxygens (including phenoxy) is 2. The summed E-state index contributed by atoms with van der Waals surface area (Å²) in [7, 11) is 0. The van der Waals surface area contributed by atoms with Crippen molar-refractivity contribution >= 4 is 11.4 Å². The lowest BCUT2D eigenvalue weighted by Gasteiger charge is -2.29. The summed E-state index contributed by atoms with van der Waals surface area (Å²) in [6, 6.07) is 17.0. The molecule has 2 aromatic heterocycles. The van der Waals surface area contributed by atoms with Gasteiger partial charge in [-0.3, -0.25) is 0 Å². The third kappa shape index (κ3) is 6.72. The maximum atomic E-state index is 15.0. The van der Waals surface area contributed by atoms with E-state index >= 15 is 4.39 Å². The van der Waals surface area contributed by atoms with E-state index < -0.39 is 23.3 Å². The van der Waals surface area contributed by atoms with E-state index in [4.69, 9.17) is 9.47 Å². The zero-order valence-electron chi connectivity index (χ0n) is 28.0. The van der Waals surface area contributed by atoms with Crippen LogP contribution in [0.1, 0.15) is 43.9 Å². The molecular weight excluding hydrogens is 646 g/mol. The predicted octanol–water partition coefficient (Wildman–Crippen LogP) is 4.68. The Labute approximate surface area is 287 Å². The number of hydrogen-bond donors (Lipinski definition) is 2. The third-order valence-corrected chi connectivity index (χ3v) is 9.67. The minimum atomic E-state index is -1.03. The summed E-state index contributed by atoms with van der Waals surface area (Å²) in [6.07, 6.45) is 5.61. The maximum Gasteiger partial charge on any atom is 0.350 e. The van der Waals surface area contributed by atoms with Crippen molar-refractivity contribution in [3.8, 4) is 11.4 Å². The molecule has 2 aliphatic heterocycles. The number of rotatable bonds is 11. The first kappa shape index (κ1) is 33.4. The Morgan fingerprint density at radius 2 is 1.90 bits per heavy atom. The Hall–Kier alpha value is -5.08. The molecule has 4 atom stereocenters. The van der Waals surface area contributed by atoms with Crippen LogP contribution in [0.2, 0.25) is 0 Å². The molecule has 1 saturated heterocycles. The molecule has 0 unspecified atom stereocenters. The highest BCUT2D eigenvalue weighted by Crippen LogP contribution is 2.42. The molecule has 50 heavy (non-hydrogen) atoms. The van der Waals surface area contributed by atoms with E-state index in [0.717, 1.165) is 41.7 Å². The summed E-state index contributed by atoms with van der Waals surface area (Å²) in [5, 5.41) is 22.0. The van der Waals surface area contributed by atoms with E-state index in [9.17, 15) is 14.3 Å². The molecule has 7 rings (SSSR count). The van der Waals surface area contributed by atoms with Crippen molar-refractivity contribution in [2.24, 2.45) is 5.92 Å². The van der Waals surface area contributed by atoms with Crippen molar-refractivity contribution in [1.82, 2.24) is 29.1 Å². The molecule has 0 radical (unpaired) electrons. The molecule has 5 aromatic rings. The lowest BCUT2D eigenvalue weighted by Crippen LogP contribution is -2.32. The lowest BCUT2D eigenvalue weighted by molar-refractivity contribution is -0.0206. The molecule has 3 aromatic carbocycles. The summed E-state index contributed by atoms with van der Waals surface area (Å²) in [5.74, 6) is -0.598. The first-order chi connectivity index (χ1) is 24.2. The predicted molar refractivity (Wildman–Crippen MR) is 182 cm³/mol. The van der Waals surface area contributed by atoms with E-state index in [1.807, 2.05) is 49.4 Å². The van der Waals surface area contributed by atoms with Crippen molar-refractivity contribution in [3.63, 3.8) is 0 Å². The van der Waals surface area contributed by atoms with Crippen molar-refractivity contribution in [1.29, 1.82) is 0 Å². The average molecular weight is 687 g/mol. The number of aliphatic hydroxyl groups excluding tert-OH is 1. The van der Waals surface area contributed by atoms with Gasteiger partial charge in [-0.25, -0.2) is 32.5 Å². The largest absolute Gasteiger partial charge is 0.493 e. The fraction of sp³-hybridized carbons (Fsp3) is 0.389. The van der Waals surface area contributed by atoms with Gasteiger partial charge >= 0.3 is 5.69 Å². The van der Waals surface area contributed by atoms with Gasteiger partial charge in [-0.05, 0) is 80.3 Å². The molecule has 1 fully saturated rings. The van der Waals surface area contributed by atoms with Gasteiger partial charge in [0.25, 0.3) is 0 Å². The van der Waals surface area contributed by atoms with Crippen molar-refractivity contribution in [2.45, 2.75) is 57.4 Å². The molecule has 262 valence electrons. The number of hydrogen-bond acceptors (Lipinski definition) is 9. The van der Waals surface area contributed by atoms with Crippen LogP contribution in [-0.4, -0.2) is 66.7 Å². The van der Waals surface area contributed by atoms with Crippen molar-refractivity contribution in [3.05, 3.63) is 113 Å². The summed E-state index contributed by atoms with van der Waals surface area (Å²) in [4.78, 5) is 19.3. The summed E-state index contributed by atoms with van der Waals surface area (Å²) >= 11 is 0. The maximum absolute atomic E-state index is 15.0. The van der Waals surface area contributed by atoms with Crippen LogP contribution in [0.3, 0.4) is 0 Å². The van der Waals surface area contributed by atoms with Gasteiger partial charge in [0.15, 0.2) is 0 Å². The van der Waals surface area contributed by atoms with Crippen LogP contribution in [0.4, 0.5) is 20.2 Å². The first-order valence-electron chi connectivity index (χ1n) is 16.8. The second kappa shape index (κ2) is 14.0. The van der Waals surface area contributed by atoms with E-state index in [2.05, 4.69) is 25.4 Å². The van der Waals surface area contributed by atoms with Crippen LogP contribution < -0.4 is 20.6 Å². The molecule has 0 amide bonds. The quantitative estimate of drug-likeness (QED) is 0.204. The molecule has 12 nitrogen and oxygen atoms in total. The number of nitrogens with zero attached hydrogens (tertiary/aromatic N) is 7. The van der Waals surface area contributed by atoms with Crippen LogP contribution in [0.5, 0.6) is 5.75 Å². The normalized spacial score (nSPS) is 20.2. The van der Waals surface area contributed by atoms with Crippen LogP contribution in [-0.2, 0) is 23.3 Å². The highest BCUT2D eigenvalue weighted by molar-refractivity contribution is 5.59. The van der Waals surface area contributed by atoms with Crippen LogP contribution in [0.15, 0.2) is 84.4 Å². The minimum Gasteiger partial charge on any atom is -0.493 e. The van der Waals surface area contributed by atoms with Gasteiger partial charge in [-0.1, -0.05) is 13.0 Å². The molecule has 4 heterocycles. The molecule has 2 N–H and O–H groups in total. The highest BCUT2D eigenvalue weighted by Gasteiger charge is 2.44. The molecule has 2 aliphatic rings. The van der Waals surface area contributed by atoms with Gasteiger partial charge in [0.1, 0.15) is 42.0 Å². The van der Waals surface area contributed by atoms with E-state index in [1.165, 1.54) is 34.0 Å². The zero-order chi connectivity index (χ0) is 34.8. The van der Waals surface area contributed by atoms with Crippen LogP contribution in [0.25, 0.3) is 5.69 Å². The third-order valence-electron chi connectivity index (χ3n) is 9.67. The van der Waals surface area contributed by atoms with Gasteiger partial charge in [0.05, 0.1) is 44.3 Å². The average Bonchev–Trinajstić information content (AvgIpc) is 3.83. The second-order valence-electron chi connectivity index (χ2n) is 13.0. The monoisotopic (exact) mass is 686 g/mol. The summed E-state index contributed by atoms with van der Waals surface area (Å²) < 4.78 is 45.7. The fourth-order valence-corrected chi connectivity index (χ4v) is 7.04. The first-order valence-corrected chi connectivity index (χ1v) is 16.8. The van der Waals surface area contributed by atoms with E-state index in [-0.39, 0.29) is 29.8 Å². The zero-order valence-corrected chi connectivity index (χ0v) is 28.0. The Morgan fingerprint density at radius 3 is 2.64 bits per heavy atom. The minimum absolute atomic E-state index is 0.0325. The standard InChI is InChI=1S/C36H40F2N8O4/c1-3-34(24(2)47)46-35(48)45(23-42-46)29-7-5-28(6-8-29)43-13-12-26-14-30(9-11-33(26)40-22-43)49-17-25-16-36(50-18-25,19-44-21-39-20-41-44)31-10-4-27(37)15-32(31)38/h4-11,14-15,20-21,23-25,34,40,47H,3,12-13,16-19,22H2,1-2H3/t24-,25+,34-,36-/m0/s1. The molecule has 0 saturated carbocycles. The van der Waals surface area contributed by atoms with Gasteiger partial charge in [0, 0.05) is 35.5 Å². The van der Waals surface area contributed by atoms with Crippen molar-refractivity contribution in [2.75, 3.05) is 36.6 Å². The number of halogens is 2. The Kier molecular flexibility index (Phi) is 9.38. The molecule has 14 heteroatoms. The Morgan fingerprint density at radius 1 is 1.08 bits per heavy atom. The summed E-state index contributed by atoms with van der Waals surface area (Å²) in [5.41, 5.74) is 2.83. The number of benzene rings is 3. The SMILES string of the molecule is CC[C@@H]([C@H](C)O)n1ncn(-c2ccc(N3CCc4cc(OC[C@@H]5CO[C@@](Cn6cncn6)(c6ccc(F)cc6F)C5)ccc4NC3)cc2)c1=O. The Bertz CT molecular complexity index is 1980. The number of anilines is 2. The van der Waals surface area contributed by atoms with E-state index in [1.54, 1.807) is 17.9 Å². The number of nitrogens with one attached hydrogen (secondary N) is 1. The van der Waals surface area contributed by atoms with Gasteiger partial charge < -0.3 is 24.8 Å². The Balaban J connectivity index is 0.986. The summed E-state index contributed by atoms with van der Waals surface area (Å²) in [6.45, 7) is 5.90. The van der Waals surface area contributed by atoms with Crippen LogP contribution >= 0.6 is 0 Å². The van der Waals surface area contributed by atoms with Crippen LogP contribution in [0, 0.1) is 17.6 Å².